The number of aliphatic hydroxyl groups is 1. The molecule has 2 N–H and O–H groups in total. The molecule has 154 valence electrons. The van der Waals surface area contributed by atoms with Crippen LogP contribution >= 0.6 is 11.6 Å². The maximum absolute atomic E-state index is 13.0. The number of anilines is 1. The highest BCUT2D eigenvalue weighted by atomic mass is 35.5. The van der Waals surface area contributed by atoms with Crippen molar-refractivity contribution in [2.45, 2.75) is 44.8 Å². The first kappa shape index (κ1) is 21.1. The molecule has 1 aliphatic rings. The Hall–Kier alpha value is -2.64. The molecule has 1 aromatic carbocycles. The molecule has 0 bridgehead atoms. The number of aryl methyl sites for hydroxylation is 1. The van der Waals surface area contributed by atoms with E-state index in [9.17, 15) is 19.5 Å². The Balaban J connectivity index is 1.90. The van der Waals surface area contributed by atoms with Crippen LogP contribution in [-0.4, -0.2) is 34.8 Å². The summed E-state index contributed by atoms with van der Waals surface area (Å²) in [6.07, 6.45) is 3.99. The van der Waals surface area contributed by atoms with Crippen molar-refractivity contribution in [3.05, 3.63) is 62.5 Å². The molecule has 0 saturated heterocycles. The van der Waals surface area contributed by atoms with Crippen molar-refractivity contribution in [2.75, 3.05) is 12.4 Å². The van der Waals surface area contributed by atoms with Gasteiger partial charge in [-0.05, 0) is 62.4 Å². The van der Waals surface area contributed by atoms with E-state index in [0.717, 1.165) is 0 Å². The zero-order valence-corrected chi connectivity index (χ0v) is 17.0. The smallest absolute Gasteiger partial charge is 0.337 e. The van der Waals surface area contributed by atoms with Gasteiger partial charge in [-0.25, -0.2) is 4.79 Å². The van der Waals surface area contributed by atoms with Gasteiger partial charge in [-0.1, -0.05) is 11.6 Å². The number of carbonyl (C=O) groups excluding carboxylic acids is 2. The molecular formula is C21H23ClN2O5. The third kappa shape index (κ3) is 4.68. The van der Waals surface area contributed by atoms with Crippen molar-refractivity contribution in [1.82, 2.24) is 4.57 Å². The average molecular weight is 419 g/mol. The van der Waals surface area contributed by atoms with Crippen LogP contribution < -0.4 is 10.9 Å². The Labute approximate surface area is 173 Å². The van der Waals surface area contributed by atoms with Crippen LogP contribution in [0, 0.1) is 6.92 Å². The Morgan fingerprint density at radius 3 is 2.55 bits per heavy atom. The van der Waals surface area contributed by atoms with Crippen LogP contribution in [0.25, 0.3) is 0 Å². The molecule has 0 atom stereocenters. The molecule has 0 aliphatic heterocycles. The van der Waals surface area contributed by atoms with Gasteiger partial charge in [0.2, 0.25) is 0 Å². The fourth-order valence-corrected chi connectivity index (χ4v) is 3.87. The monoisotopic (exact) mass is 418 g/mol. The number of aliphatic hydroxyl groups excluding tert-OH is 1. The fraction of sp³-hybridized carbons (Fsp3) is 0.381. The first-order valence-electron chi connectivity index (χ1n) is 9.40. The quantitative estimate of drug-likeness (QED) is 0.742. The fourth-order valence-electron chi connectivity index (χ4n) is 3.63. The summed E-state index contributed by atoms with van der Waals surface area (Å²) in [4.78, 5) is 37.7. The van der Waals surface area contributed by atoms with Crippen molar-refractivity contribution in [3.63, 3.8) is 0 Å². The molecule has 1 fully saturated rings. The second-order valence-corrected chi connectivity index (χ2v) is 7.66. The van der Waals surface area contributed by atoms with Gasteiger partial charge in [0.1, 0.15) is 5.56 Å². The van der Waals surface area contributed by atoms with Gasteiger partial charge in [0.25, 0.3) is 11.5 Å². The number of halogens is 1. The zero-order valence-electron chi connectivity index (χ0n) is 16.3. The van der Waals surface area contributed by atoms with Crippen molar-refractivity contribution < 1.29 is 19.4 Å². The largest absolute Gasteiger partial charge is 0.465 e. The second kappa shape index (κ2) is 8.80. The minimum Gasteiger partial charge on any atom is -0.465 e. The highest BCUT2D eigenvalue weighted by molar-refractivity contribution is 6.31. The lowest BCUT2D eigenvalue weighted by atomic mass is 9.92. The van der Waals surface area contributed by atoms with Crippen LogP contribution in [0.4, 0.5) is 5.69 Å². The molecule has 1 saturated carbocycles. The molecule has 29 heavy (non-hydrogen) atoms. The lowest BCUT2D eigenvalue weighted by Crippen LogP contribution is -2.34. The molecule has 0 radical (unpaired) electrons. The number of benzene rings is 1. The molecule has 1 heterocycles. The predicted molar refractivity (Wildman–Crippen MR) is 110 cm³/mol. The number of hydrogen-bond acceptors (Lipinski definition) is 5. The highest BCUT2D eigenvalue weighted by Gasteiger charge is 2.24. The summed E-state index contributed by atoms with van der Waals surface area (Å²) in [5, 5.41) is 12.6. The van der Waals surface area contributed by atoms with E-state index in [1.807, 2.05) is 0 Å². The minimum absolute atomic E-state index is 0.0400. The van der Waals surface area contributed by atoms with Crippen LogP contribution in [0.2, 0.25) is 5.02 Å². The number of nitrogens with one attached hydrogen (secondary N) is 1. The molecule has 1 amide bonds. The normalized spacial score (nSPS) is 18.9. The first-order valence-corrected chi connectivity index (χ1v) is 9.78. The Bertz CT molecular complexity index is 993. The lowest BCUT2D eigenvalue weighted by molar-refractivity contribution is 0.0600. The average Bonchev–Trinajstić information content (AvgIpc) is 2.68. The number of ether oxygens (including phenoxy) is 1. The van der Waals surface area contributed by atoms with Crippen LogP contribution in [0.15, 0.2) is 35.3 Å². The van der Waals surface area contributed by atoms with Gasteiger partial charge < -0.3 is 19.7 Å². The number of rotatable bonds is 4. The van der Waals surface area contributed by atoms with Gasteiger partial charge in [-0.2, -0.15) is 0 Å². The van der Waals surface area contributed by atoms with E-state index < -0.39 is 11.9 Å². The molecule has 1 aliphatic carbocycles. The van der Waals surface area contributed by atoms with Gasteiger partial charge in [0.05, 0.1) is 18.8 Å². The lowest BCUT2D eigenvalue weighted by Gasteiger charge is -2.27. The van der Waals surface area contributed by atoms with Crippen molar-refractivity contribution in [3.8, 4) is 0 Å². The molecule has 0 spiro atoms. The number of carbonyl (C=O) groups is 2. The summed E-state index contributed by atoms with van der Waals surface area (Å²) in [5.74, 6) is -1.16. The van der Waals surface area contributed by atoms with Gasteiger partial charge >= 0.3 is 5.97 Å². The topological polar surface area (TPSA) is 97.6 Å². The van der Waals surface area contributed by atoms with E-state index in [2.05, 4.69) is 10.1 Å². The van der Waals surface area contributed by atoms with Crippen molar-refractivity contribution in [2.24, 2.45) is 0 Å². The summed E-state index contributed by atoms with van der Waals surface area (Å²) in [6.45, 7) is 1.70. The molecule has 0 unspecified atom stereocenters. The van der Waals surface area contributed by atoms with E-state index in [-0.39, 0.29) is 39.5 Å². The van der Waals surface area contributed by atoms with E-state index in [0.29, 0.717) is 31.2 Å². The molecule has 3 rings (SSSR count). The Morgan fingerprint density at radius 1 is 1.21 bits per heavy atom. The van der Waals surface area contributed by atoms with E-state index in [4.69, 9.17) is 11.6 Å². The summed E-state index contributed by atoms with van der Waals surface area (Å²) >= 11 is 6.04. The van der Waals surface area contributed by atoms with Gasteiger partial charge in [-0.3, -0.25) is 9.59 Å². The van der Waals surface area contributed by atoms with Crippen LogP contribution in [-0.2, 0) is 4.74 Å². The van der Waals surface area contributed by atoms with Crippen molar-refractivity contribution >= 4 is 29.2 Å². The van der Waals surface area contributed by atoms with E-state index in [1.165, 1.54) is 25.3 Å². The molecule has 7 nitrogen and oxygen atoms in total. The summed E-state index contributed by atoms with van der Waals surface area (Å²) in [5.41, 5.74) is 0.697. The van der Waals surface area contributed by atoms with E-state index >= 15 is 0 Å². The van der Waals surface area contributed by atoms with Gasteiger partial charge in [0.15, 0.2) is 0 Å². The maximum Gasteiger partial charge on any atom is 0.337 e. The number of esters is 1. The number of nitrogens with zero attached hydrogens (tertiary/aromatic N) is 1. The van der Waals surface area contributed by atoms with Gasteiger partial charge in [0, 0.05) is 22.9 Å². The molecule has 8 heteroatoms. The van der Waals surface area contributed by atoms with Crippen LogP contribution in [0.3, 0.4) is 0 Å². The standard InChI is InChI=1S/C21H23ClN2O5/c1-12-7-8-24(16-3-5-17(25)6-4-16)20(27)18(12)19(26)23-15-10-13(21(28)29-2)9-14(22)11-15/h7-11,16-17,25H,3-6H2,1-2H3,(H,23,26). The predicted octanol–water partition coefficient (Wildman–Crippen LogP) is 3.33. The second-order valence-electron chi connectivity index (χ2n) is 7.22. The highest BCUT2D eigenvalue weighted by Crippen LogP contribution is 2.27. The number of amides is 1. The van der Waals surface area contributed by atoms with E-state index in [1.54, 1.807) is 23.8 Å². The Kier molecular flexibility index (Phi) is 6.39. The first-order chi connectivity index (χ1) is 13.8. The summed E-state index contributed by atoms with van der Waals surface area (Å²) in [7, 11) is 1.25. The van der Waals surface area contributed by atoms with Crippen LogP contribution in [0.1, 0.15) is 58.0 Å². The number of methoxy groups -OCH3 is 1. The zero-order chi connectivity index (χ0) is 21.1. The minimum atomic E-state index is -0.583. The number of pyridine rings is 1. The van der Waals surface area contributed by atoms with Crippen molar-refractivity contribution in [1.29, 1.82) is 0 Å². The summed E-state index contributed by atoms with van der Waals surface area (Å²) < 4.78 is 6.26. The maximum atomic E-state index is 13.0. The SMILES string of the molecule is COC(=O)c1cc(Cl)cc(NC(=O)c2c(C)ccn(C3CCC(O)CC3)c2=O)c1. The van der Waals surface area contributed by atoms with Gasteiger partial charge in [-0.15, -0.1) is 0 Å². The molecular weight excluding hydrogens is 396 g/mol. The third-order valence-electron chi connectivity index (χ3n) is 5.19. The summed E-state index contributed by atoms with van der Waals surface area (Å²) in [6, 6.07) is 6.05. The van der Waals surface area contributed by atoms with Crippen LogP contribution in [0.5, 0.6) is 0 Å². The third-order valence-corrected chi connectivity index (χ3v) is 5.41. The number of hydrogen-bond donors (Lipinski definition) is 2. The number of aromatic nitrogens is 1. The Morgan fingerprint density at radius 2 is 1.90 bits per heavy atom. The molecule has 1 aromatic heterocycles. The molecule has 2 aromatic rings.